The number of hydrogen-bond donors (Lipinski definition) is 1. The number of hydrogen-bond acceptors (Lipinski definition) is 8. The normalized spacial score (nSPS) is 11.5. The maximum absolute atomic E-state index is 13.0. The highest BCUT2D eigenvalue weighted by Gasteiger charge is 2.31. The SMILES string of the molecule is CCC(=O)C(=O)c1cc(N(C)N)cnc1-c1nnc(-c2cc(C(F)(F)F)ccn2)n1C. The molecule has 0 spiro atoms. The van der Waals surface area contributed by atoms with E-state index in [1.54, 1.807) is 6.92 Å². The largest absolute Gasteiger partial charge is 0.416 e. The first-order chi connectivity index (χ1) is 14.5. The predicted molar refractivity (Wildman–Crippen MR) is 105 cm³/mol. The van der Waals surface area contributed by atoms with Gasteiger partial charge in [0.1, 0.15) is 11.4 Å². The molecule has 0 saturated carbocycles. The van der Waals surface area contributed by atoms with Crippen LogP contribution in [0.4, 0.5) is 18.9 Å². The molecule has 0 atom stereocenters. The second-order valence-corrected chi connectivity index (χ2v) is 6.64. The van der Waals surface area contributed by atoms with Gasteiger partial charge in [0, 0.05) is 26.7 Å². The van der Waals surface area contributed by atoms with Gasteiger partial charge in [-0.15, -0.1) is 10.2 Å². The molecule has 2 N–H and O–H groups in total. The molecular formula is C19H18F3N7O2. The molecule has 3 rings (SSSR count). The summed E-state index contributed by atoms with van der Waals surface area (Å²) in [6, 6.07) is 3.09. The zero-order valence-electron chi connectivity index (χ0n) is 16.8. The summed E-state index contributed by atoms with van der Waals surface area (Å²) in [5.41, 5.74) is -0.573. The third kappa shape index (κ3) is 4.28. The van der Waals surface area contributed by atoms with E-state index in [2.05, 4.69) is 20.2 Å². The first kappa shape index (κ1) is 22.0. The lowest BCUT2D eigenvalue weighted by molar-refractivity contribution is -0.137. The predicted octanol–water partition coefficient (Wildman–Crippen LogP) is 2.43. The number of rotatable bonds is 6. The number of Topliss-reactive ketones (excluding diaryl/α,β-unsaturated/α-hetero) is 2. The Morgan fingerprint density at radius 2 is 1.84 bits per heavy atom. The molecule has 0 amide bonds. The van der Waals surface area contributed by atoms with E-state index in [1.165, 1.54) is 35.9 Å². The van der Waals surface area contributed by atoms with Crippen LogP contribution in [0.15, 0.2) is 30.6 Å². The number of pyridine rings is 2. The number of nitrogens with zero attached hydrogens (tertiary/aromatic N) is 6. The fourth-order valence-corrected chi connectivity index (χ4v) is 2.80. The van der Waals surface area contributed by atoms with Gasteiger partial charge in [-0.05, 0) is 18.2 Å². The summed E-state index contributed by atoms with van der Waals surface area (Å²) in [6.07, 6.45) is -2.17. The summed E-state index contributed by atoms with van der Waals surface area (Å²) in [6.45, 7) is 1.55. The minimum atomic E-state index is -4.55. The van der Waals surface area contributed by atoms with Crippen LogP contribution in [0.5, 0.6) is 0 Å². The Labute approximate surface area is 174 Å². The number of carbonyl (C=O) groups excluding carboxylic acids is 2. The van der Waals surface area contributed by atoms with Gasteiger partial charge in [-0.2, -0.15) is 13.2 Å². The highest BCUT2D eigenvalue weighted by molar-refractivity contribution is 6.44. The molecule has 0 bridgehead atoms. The topological polar surface area (TPSA) is 120 Å². The Kier molecular flexibility index (Phi) is 5.84. The van der Waals surface area contributed by atoms with Gasteiger partial charge in [0.05, 0.1) is 23.0 Å². The van der Waals surface area contributed by atoms with Crippen molar-refractivity contribution in [2.45, 2.75) is 19.5 Å². The van der Waals surface area contributed by atoms with E-state index in [9.17, 15) is 22.8 Å². The Morgan fingerprint density at radius 1 is 1.16 bits per heavy atom. The van der Waals surface area contributed by atoms with Gasteiger partial charge < -0.3 is 9.58 Å². The molecule has 12 heteroatoms. The van der Waals surface area contributed by atoms with Crippen molar-refractivity contribution in [3.8, 4) is 23.0 Å². The second-order valence-electron chi connectivity index (χ2n) is 6.64. The average Bonchev–Trinajstić information content (AvgIpc) is 3.12. The minimum Gasteiger partial charge on any atom is -0.313 e. The summed E-state index contributed by atoms with van der Waals surface area (Å²) in [5.74, 6) is 4.39. The maximum Gasteiger partial charge on any atom is 0.416 e. The summed E-state index contributed by atoms with van der Waals surface area (Å²) < 4.78 is 40.5. The van der Waals surface area contributed by atoms with Crippen LogP contribution in [-0.4, -0.2) is 43.3 Å². The molecule has 0 aliphatic heterocycles. The van der Waals surface area contributed by atoms with Crippen molar-refractivity contribution < 1.29 is 22.8 Å². The fourth-order valence-electron chi connectivity index (χ4n) is 2.80. The van der Waals surface area contributed by atoms with Crippen molar-refractivity contribution in [1.82, 2.24) is 24.7 Å². The van der Waals surface area contributed by atoms with Gasteiger partial charge in [0.25, 0.3) is 0 Å². The lowest BCUT2D eigenvalue weighted by atomic mass is 10.0. The number of halogens is 3. The Hall–Kier alpha value is -3.67. The molecule has 0 aliphatic rings. The Morgan fingerprint density at radius 3 is 2.45 bits per heavy atom. The van der Waals surface area contributed by atoms with Crippen LogP contribution in [0.1, 0.15) is 29.3 Å². The van der Waals surface area contributed by atoms with Crippen LogP contribution in [0, 0.1) is 0 Å². The number of ketones is 2. The zero-order valence-corrected chi connectivity index (χ0v) is 16.8. The van der Waals surface area contributed by atoms with Crippen molar-refractivity contribution >= 4 is 17.3 Å². The van der Waals surface area contributed by atoms with E-state index in [1.807, 2.05) is 0 Å². The molecule has 3 heterocycles. The first-order valence-electron chi connectivity index (χ1n) is 9.04. The summed E-state index contributed by atoms with van der Waals surface area (Å²) in [5, 5.41) is 9.12. The van der Waals surface area contributed by atoms with E-state index in [0.29, 0.717) is 5.69 Å². The highest BCUT2D eigenvalue weighted by Crippen LogP contribution is 2.32. The van der Waals surface area contributed by atoms with Gasteiger partial charge in [0.2, 0.25) is 11.6 Å². The van der Waals surface area contributed by atoms with E-state index in [0.717, 1.165) is 18.3 Å². The third-order valence-electron chi connectivity index (χ3n) is 4.50. The molecular weight excluding hydrogens is 415 g/mol. The highest BCUT2D eigenvalue weighted by atomic mass is 19.4. The monoisotopic (exact) mass is 433 g/mol. The van der Waals surface area contributed by atoms with Crippen LogP contribution in [0.3, 0.4) is 0 Å². The lowest BCUT2D eigenvalue weighted by Gasteiger charge is -2.14. The number of nitrogens with two attached hydrogens (primary N) is 1. The Bertz CT molecular complexity index is 1160. The van der Waals surface area contributed by atoms with Crippen molar-refractivity contribution in [3.63, 3.8) is 0 Å². The van der Waals surface area contributed by atoms with Gasteiger partial charge in [0.15, 0.2) is 11.6 Å². The van der Waals surface area contributed by atoms with Crippen molar-refractivity contribution in [1.29, 1.82) is 0 Å². The molecule has 0 unspecified atom stereocenters. The molecule has 0 saturated heterocycles. The molecule has 3 aromatic rings. The van der Waals surface area contributed by atoms with Crippen molar-refractivity contribution in [2.75, 3.05) is 12.1 Å². The fraction of sp³-hybridized carbons (Fsp3) is 0.263. The standard InChI is InChI=1S/C19H18F3N7O2/c1-4-14(30)16(31)12-8-11(29(3)23)9-25-15(12)18-27-26-17(28(18)2)13-7-10(5-6-24-13)19(20,21)22/h5-9H,4,23H2,1-3H3. The Balaban J connectivity index is 2.14. The molecule has 3 aromatic heterocycles. The molecule has 0 aromatic carbocycles. The smallest absolute Gasteiger partial charge is 0.313 e. The summed E-state index contributed by atoms with van der Waals surface area (Å²) >= 11 is 0. The molecule has 162 valence electrons. The van der Waals surface area contributed by atoms with Gasteiger partial charge in [-0.25, -0.2) is 10.8 Å². The van der Waals surface area contributed by atoms with Crippen LogP contribution >= 0.6 is 0 Å². The second kappa shape index (κ2) is 8.22. The van der Waals surface area contributed by atoms with Gasteiger partial charge in [-0.3, -0.25) is 14.6 Å². The van der Waals surface area contributed by atoms with E-state index in [-0.39, 0.29) is 35.0 Å². The van der Waals surface area contributed by atoms with Crippen LogP contribution in [0.25, 0.3) is 23.0 Å². The van der Waals surface area contributed by atoms with Crippen molar-refractivity contribution in [3.05, 3.63) is 41.7 Å². The number of alkyl halides is 3. The van der Waals surface area contributed by atoms with Gasteiger partial charge >= 0.3 is 6.18 Å². The minimum absolute atomic E-state index is 0.0147. The number of anilines is 1. The lowest BCUT2D eigenvalue weighted by Crippen LogP contribution is -2.26. The molecule has 0 fully saturated rings. The van der Waals surface area contributed by atoms with E-state index < -0.39 is 23.3 Å². The van der Waals surface area contributed by atoms with Gasteiger partial charge in [-0.1, -0.05) is 6.92 Å². The third-order valence-corrected chi connectivity index (χ3v) is 4.50. The van der Waals surface area contributed by atoms with Crippen LogP contribution < -0.4 is 10.9 Å². The van der Waals surface area contributed by atoms with Crippen LogP contribution in [-0.2, 0) is 18.0 Å². The molecule has 9 nitrogen and oxygen atoms in total. The molecule has 0 radical (unpaired) electrons. The maximum atomic E-state index is 13.0. The van der Waals surface area contributed by atoms with E-state index in [4.69, 9.17) is 5.84 Å². The zero-order chi connectivity index (χ0) is 22.9. The average molecular weight is 433 g/mol. The van der Waals surface area contributed by atoms with E-state index >= 15 is 0 Å². The number of aromatic nitrogens is 5. The number of hydrazine groups is 1. The summed E-state index contributed by atoms with van der Waals surface area (Å²) in [4.78, 5) is 32.8. The molecule has 31 heavy (non-hydrogen) atoms. The van der Waals surface area contributed by atoms with Crippen molar-refractivity contribution in [2.24, 2.45) is 12.9 Å². The quantitative estimate of drug-likeness (QED) is 0.272. The first-order valence-corrected chi connectivity index (χ1v) is 9.04. The number of carbonyl (C=O) groups is 2. The molecule has 0 aliphatic carbocycles. The summed E-state index contributed by atoms with van der Waals surface area (Å²) in [7, 11) is 3.03. The van der Waals surface area contributed by atoms with Crippen LogP contribution in [0.2, 0.25) is 0 Å².